The number of hydrogen-bond donors (Lipinski definition) is 0. The van der Waals surface area contributed by atoms with Gasteiger partial charge in [0.05, 0.1) is 0 Å². The number of carbonyl (C=O) groups excluding carboxylic acids is 1. The lowest BCUT2D eigenvalue weighted by Gasteiger charge is -2.47. The Labute approximate surface area is 85.7 Å². The van der Waals surface area contributed by atoms with E-state index in [-0.39, 0.29) is 0 Å². The first-order valence-corrected chi connectivity index (χ1v) is 6.03. The second kappa shape index (κ2) is 3.06. The van der Waals surface area contributed by atoms with Crippen molar-refractivity contribution in [3.05, 3.63) is 0 Å². The number of rotatable bonds is 1. The number of fused-ring (bicyclic) bond motifs is 2. The summed E-state index contributed by atoms with van der Waals surface area (Å²) in [4.78, 5) is 14.1. The molecule has 0 radical (unpaired) electrons. The fourth-order valence-corrected chi connectivity index (χ4v) is 3.70. The maximum atomic E-state index is 11.4. The second-order valence-corrected chi connectivity index (χ2v) is 5.51. The van der Waals surface area contributed by atoms with Crippen molar-refractivity contribution in [2.45, 2.75) is 63.6 Å². The van der Waals surface area contributed by atoms with Crippen LogP contribution in [0.5, 0.6) is 0 Å². The molecule has 3 rings (SSSR count). The third kappa shape index (κ3) is 1.23. The van der Waals surface area contributed by atoms with E-state index in [9.17, 15) is 4.79 Å². The van der Waals surface area contributed by atoms with Crippen LogP contribution in [0.3, 0.4) is 0 Å². The van der Waals surface area contributed by atoms with Gasteiger partial charge in [0.15, 0.2) is 0 Å². The molecule has 78 valence electrons. The van der Waals surface area contributed by atoms with Gasteiger partial charge in [-0.15, -0.1) is 0 Å². The largest absolute Gasteiger partial charge is 0.300 e. The topological polar surface area (TPSA) is 20.3 Å². The van der Waals surface area contributed by atoms with Crippen LogP contribution in [0.1, 0.15) is 45.4 Å². The molecule has 2 saturated heterocycles. The van der Waals surface area contributed by atoms with E-state index >= 15 is 0 Å². The molecule has 0 aromatic rings. The molecule has 2 unspecified atom stereocenters. The molecule has 0 aromatic carbocycles. The predicted octanol–water partition coefficient (Wildman–Crippen LogP) is 1.98. The van der Waals surface area contributed by atoms with E-state index in [1.165, 1.54) is 25.7 Å². The molecule has 2 atom stereocenters. The molecule has 0 aromatic heterocycles. The SMILES string of the molecule is CC1CC(N2C3CCC2CC(=O)C3)C1. The standard InChI is InChI=1S/C12H19NO/c1-8-4-11(5-8)13-9-2-3-10(13)7-12(14)6-9/h8-11H,2-7H2,1H3. The zero-order valence-corrected chi connectivity index (χ0v) is 8.91. The van der Waals surface area contributed by atoms with Gasteiger partial charge in [-0.2, -0.15) is 0 Å². The van der Waals surface area contributed by atoms with Crippen molar-refractivity contribution in [1.82, 2.24) is 4.90 Å². The Hall–Kier alpha value is -0.370. The van der Waals surface area contributed by atoms with Crippen molar-refractivity contribution in [3.63, 3.8) is 0 Å². The van der Waals surface area contributed by atoms with Gasteiger partial charge in [-0.25, -0.2) is 0 Å². The zero-order valence-electron chi connectivity index (χ0n) is 8.91. The normalized spacial score (nSPS) is 47.9. The molecule has 0 N–H and O–H groups in total. The first kappa shape index (κ1) is 8.90. The van der Waals surface area contributed by atoms with Gasteiger partial charge in [-0.05, 0) is 31.6 Å². The minimum atomic E-state index is 0.515. The van der Waals surface area contributed by atoms with Gasteiger partial charge >= 0.3 is 0 Å². The van der Waals surface area contributed by atoms with E-state index in [0.29, 0.717) is 17.9 Å². The van der Waals surface area contributed by atoms with Crippen LogP contribution in [0.4, 0.5) is 0 Å². The summed E-state index contributed by atoms with van der Waals surface area (Å²) < 4.78 is 0. The number of carbonyl (C=O) groups is 1. The smallest absolute Gasteiger partial charge is 0.136 e. The maximum absolute atomic E-state index is 11.4. The fourth-order valence-electron chi connectivity index (χ4n) is 3.70. The Morgan fingerprint density at radius 2 is 1.64 bits per heavy atom. The first-order chi connectivity index (χ1) is 6.74. The summed E-state index contributed by atoms with van der Waals surface area (Å²) in [6.45, 7) is 2.34. The van der Waals surface area contributed by atoms with Crippen LogP contribution in [-0.2, 0) is 4.79 Å². The Kier molecular flexibility index (Phi) is 1.94. The van der Waals surface area contributed by atoms with Gasteiger partial charge in [0.2, 0.25) is 0 Å². The van der Waals surface area contributed by atoms with Crippen LogP contribution in [0, 0.1) is 5.92 Å². The Morgan fingerprint density at radius 3 is 2.14 bits per heavy atom. The number of piperidine rings is 1. The van der Waals surface area contributed by atoms with Crippen LogP contribution < -0.4 is 0 Å². The van der Waals surface area contributed by atoms with Gasteiger partial charge in [-0.3, -0.25) is 9.69 Å². The minimum Gasteiger partial charge on any atom is -0.300 e. The Balaban J connectivity index is 1.72. The third-order valence-corrected chi connectivity index (χ3v) is 4.37. The first-order valence-electron chi connectivity index (χ1n) is 6.03. The van der Waals surface area contributed by atoms with Gasteiger partial charge < -0.3 is 0 Å². The fraction of sp³-hybridized carbons (Fsp3) is 0.917. The van der Waals surface area contributed by atoms with Crippen LogP contribution in [-0.4, -0.2) is 28.8 Å². The van der Waals surface area contributed by atoms with E-state index in [0.717, 1.165) is 24.8 Å². The highest BCUT2D eigenvalue weighted by atomic mass is 16.1. The quantitative estimate of drug-likeness (QED) is 0.634. The molecule has 3 fully saturated rings. The number of nitrogens with zero attached hydrogens (tertiary/aromatic N) is 1. The summed E-state index contributed by atoms with van der Waals surface area (Å²) in [5, 5.41) is 0. The molecule has 1 saturated carbocycles. The van der Waals surface area contributed by atoms with Gasteiger partial charge in [0, 0.05) is 31.0 Å². The molecule has 2 aliphatic heterocycles. The molecule has 2 heteroatoms. The molecular weight excluding hydrogens is 174 g/mol. The predicted molar refractivity (Wildman–Crippen MR) is 55.1 cm³/mol. The number of Topliss-reactive ketones (excluding diaryl/α,β-unsaturated/α-hetero) is 1. The summed E-state index contributed by atoms with van der Waals surface area (Å²) >= 11 is 0. The average Bonchev–Trinajstić information content (AvgIpc) is 2.32. The van der Waals surface area contributed by atoms with E-state index < -0.39 is 0 Å². The molecule has 0 amide bonds. The summed E-state index contributed by atoms with van der Waals surface area (Å²) in [5.74, 6) is 1.44. The number of hydrogen-bond acceptors (Lipinski definition) is 2. The third-order valence-electron chi connectivity index (χ3n) is 4.37. The molecule has 2 nitrogen and oxygen atoms in total. The molecule has 1 aliphatic carbocycles. The van der Waals surface area contributed by atoms with E-state index in [1.54, 1.807) is 0 Å². The van der Waals surface area contributed by atoms with Gasteiger partial charge in [0.25, 0.3) is 0 Å². The van der Waals surface area contributed by atoms with Crippen molar-refractivity contribution in [3.8, 4) is 0 Å². The van der Waals surface area contributed by atoms with Crippen LogP contribution in [0.25, 0.3) is 0 Å². The maximum Gasteiger partial charge on any atom is 0.136 e. The molecule has 2 heterocycles. The minimum absolute atomic E-state index is 0.515. The lowest BCUT2D eigenvalue weighted by molar-refractivity contribution is -0.125. The van der Waals surface area contributed by atoms with Crippen molar-refractivity contribution in [2.75, 3.05) is 0 Å². The highest BCUT2D eigenvalue weighted by molar-refractivity contribution is 5.81. The molecular formula is C12H19NO. The van der Waals surface area contributed by atoms with Crippen molar-refractivity contribution >= 4 is 5.78 Å². The monoisotopic (exact) mass is 193 g/mol. The summed E-state index contributed by atoms with van der Waals surface area (Å²) in [6, 6.07) is 2.08. The summed E-state index contributed by atoms with van der Waals surface area (Å²) in [7, 11) is 0. The van der Waals surface area contributed by atoms with Crippen LogP contribution in [0.15, 0.2) is 0 Å². The van der Waals surface area contributed by atoms with Crippen molar-refractivity contribution in [2.24, 2.45) is 5.92 Å². The molecule has 2 bridgehead atoms. The van der Waals surface area contributed by atoms with E-state index in [4.69, 9.17) is 0 Å². The highest BCUT2D eigenvalue weighted by Gasteiger charge is 2.46. The van der Waals surface area contributed by atoms with Crippen LogP contribution >= 0.6 is 0 Å². The lowest BCUT2D eigenvalue weighted by Crippen LogP contribution is -2.53. The zero-order chi connectivity index (χ0) is 9.71. The van der Waals surface area contributed by atoms with Gasteiger partial charge in [-0.1, -0.05) is 6.92 Å². The Bertz CT molecular complexity index is 241. The summed E-state index contributed by atoms with van der Waals surface area (Å²) in [6.07, 6.45) is 7.01. The average molecular weight is 193 g/mol. The van der Waals surface area contributed by atoms with Crippen LogP contribution in [0.2, 0.25) is 0 Å². The molecule has 0 spiro atoms. The van der Waals surface area contributed by atoms with Crippen molar-refractivity contribution < 1.29 is 4.79 Å². The molecule has 3 aliphatic rings. The Morgan fingerprint density at radius 1 is 1.07 bits per heavy atom. The highest BCUT2D eigenvalue weighted by Crippen LogP contribution is 2.42. The number of ketones is 1. The van der Waals surface area contributed by atoms with Crippen molar-refractivity contribution in [1.29, 1.82) is 0 Å². The van der Waals surface area contributed by atoms with E-state index in [1.807, 2.05) is 0 Å². The van der Waals surface area contributed by atoms with E-state index in [2.05, 4.69) is 11.8 Å². The molecule has 14 heavy (non-hydrogen) atoms. The lowest BCUT2D eigenvalue weighted by atomic mass is 9.79. The summed E-state index contributed by atoms with van der Waals surface area (Å²) in [5.41, 5.74) is 0. The second-order valence-electron chi connectivity index (χ2n) is 5.51. The van der Waals surface area contributed by atoms with Gasteiger partial charge in [0.1, 0.15) is 5.78 Å².